The molecular weight excluding hydrogens is 264 g/mol. The Morgan fingerprint density at radius 1 is 1.24 bits per heavy atom. The lowest BCUT2D eigenvalue weighted by Crippen LogP contribution is -2.10. The summed E-state index contributed by atoms with van der Waals surface area (Å²) in [6, 6.07) is 10.4. The Morgan fingerprint density at radius 2 is 1.86 bits per heavy atom. The molecule has 1 heterocycles. The first-order chi connectivity index (χ1) is 9.77. The number of aryl methyl sites for hydroxylation is 2. The molecule has 0 spiro atoms. The summed E-state index contributed by atoms with van der Waals surface area (Å²) in [4.78, 5) is 10.6. The van der Waals surface area contributed by atoms with E-state index in [1.807, 2.05) is 17.8 Å². The van der Waals surface area contributed by atoms with Crippen LogP contribution in [-0.2, 0) is 23.7 Å². The summed E-state index contributed by atoms with van der Waals surface area (Å²) in [7, 11) is 1.89. The first kappa shape index (κ1) is 15.3. The normalized spacial score (nSPS) is 11.6. The summed E-state index contributed by atoms with van der Waals surface area (Å²) in [5.74, 6) is -0.795. The number of carboxylic acids is 1. The molecule has 0 fully saturated rings. The van der Waals surface area contributed by atoms with Gasteiger partial charge in [-0.3, -0.25) is 9.48 Å². The molecule has 4 heteroatoms. The number of nitrogens with zero attached hydrogens (tertiary/aromatic N) is 2. The van der Waals surface area contributed by atoms with Gasteiger partial charge >= 0.3 is 5.97 Å². The maximum Gasteiger partial charge on any atom is 0.303 e. The average Bonchev–Trinajstić information content (AvgIpc) is 2.77. The van der Waals surface area contributed by atoms with Crippen molar-refractivity contribution in [1.29, 1.82) is 0 Å². The molecule has 0 aliphatic rings. The van der Waals surface area contributed by atoms with E-state index in [1.54, 1.807) is 0 Å². The number of aromatic nitrogens is 2. The van der Waals surface area contributed by atoms with Crippen LogP contribution < -0.4 is 0 Å². The van der Waals surface area contributed by atoms with Crippen LogP contribution in [0.25, 0.3) is 11.3 Å². The van der Waals surface area contributed by atoms with Gasteiger partial charge in [0.05, 0.1) is 17.8 Å². The summed E-state index contributed by atoms with van der Waals surface area (Å²) in [6.07, 6.45) is 0.572. The van der Waals surface area contributed by atoms with E-state index in [-0.39, 0.29) is 11.8 Å². The van der Waals surface area contributed by atoms with E-state index < -0.39 is 5.97 Å². The van der Waals surface area contributed by atoms with Crippen molar-refractivity contribution in [1.82, 2.24) is 9.78 Å². The van der Waals surface area contributed by atoms with Crippen molar-refractivity contribution in [3.05, 3.63) is 41.6 Å². The standard InChI is InChI=1S/C17H22N2O2/c1-17(2,3)13-7-5-12(6-8-13)15-11-14(18-19(15)4)9-10-16(20)21/h5-8,11H,9-10H2,1-4H3,(H,20,21). The number of rotatable bonds is 4. The first-order valence-corrected chi connectivity index (χ1v) is 7.13. The smallest absolute Gasteiger partial charge is 0.303 e. The first-order valence-electron chi connectivity index (χ1n) is 7.13. The van der Waals surface area contributed by atoms with Crippen molar-refractivity contribution in [3.8, 4) is 11.3 Å². The zero-order chi connectivity index (χ0) is 15.6. The van der Waals surface area contributed by atoms with Gasteiger partial charge in [-0.1, -0.05) is 45.0 Å². The molecule has 1 aromatic carbocycles. The molecule has 0 unspecified atom stereocenters. The summed E-state index contributed by atoms with van der Waals surface area (Å²) in [5.41, 5.74) is 4.35. The van der Waals surface area contributed by atoms with Crippen molar-refractivity contribution in [2.45, 2.75) is 39.0 Å². The predicted octanol–water partition coefficient (Wildman–Crippen LogP) is 3.40. The van der Waals surface area contributed by atoms with E-state index in [4.69, 9.17) is 5.11 Å². The van der Waals surface area contributed by atoms with E-state index in [0.717, 1.165) is 17.0 Å². The van der Waals surface area contributed by atoms with Crippen LogP contribution in [0.15, 0.2) is 30.3 Å². The van der Waals surface area contributed by atoms with Crippen molar-refractivity contribution in [3.63, 3.8) is 0 Å². The Hall–Kier alpha value is -2.10. The molecule has 0 bridgehead atoms. The van der Waals surface area contributed by atoms with Crippen LogP contribution in [0.3, 0.4) is 0 Å². The molecule has 2 aromatic rings. The zero-order valence-corrected chi connectivity index (χ0v) is 13.1. The van der Waals surface area contributed by atoms with Gasteiger partial charge in [-0.25, -0.2) is 0 Å². The van der Waals surface area contributed by atoms with E-state index in [9.17, 15) is 4.79 Å². The van der Waals surface area contributed by atoms with E-state index in [1.165, 1.54) is 5.56 Å². The minimum atomic E-state index is -0.795. The topological polar surface area (TPSA) is 55.1 Å². The van der Waals surface area contributed by atoms with Crippen LogP contribution in [-0.4, -0.2) is 20.9 Å². The molecular formula is C17H22N2O2. The maximum absolute atomic E-state index is 10.6. The van der Waals surface area contributed by atoms with Crippen LogP contribution in [0.1, 0.15) is 38.4 Å². The van der Waals surface area contributed by atoms with E-state index in [0.29, 0.717) is 6.42 Å². The largest absolute Gasteiger partial charge is 0.481 e. The second kappa shape index (κ2) is 5.72. The quantitative estimate of drug-likeness (QED) is 0.937. The Morgan fingerprint density at radius 3 is 2.38 bits per heavy atom. The Labute approximate surface area is 125 Å². The molecule has 1 aromatic heterocycles. The monoisotopic (exact) mass is 286 g/mol. The number of hydrogen-bond donors (Lipinski definition) is 1. The summed E-state index contributed by atoms with van der Waals surface area (Å²) < 4.78 is 1.81. The second-order valence-electron chi connectivity index (χ2n) is 6.37. The molecule has 0 saturated carbocycles. The van der Waals surface area contributed by atoms with Gasteiger partial charge < -0.3 is 5.11 Å². The molecule has 112 valence electrons. The van der Waals surface area contributed by atoms with Crippen LogP contribution in [0, 0.1) is 0 Å². The number of carbonyl (C=O) groups is 1. The fourth-order valence-corrected chi connectivity index (χ4v) is 2.29. The molecule has 0 radical (unpaired) electrons. The molecule has 1 N–H and O–H groups in total. The van der Waals surface area contributed by atoms with Crippen LogP contribution >= 0.6 is 0 Å². The van der Waals surface area contributed by atoms with Gasteiger partial charge in [0.2, 0.25) is 0 Å². The Bertz CT molecular complexity index is 634. The lowest BCUT2D eigenvalue weighted by atomic mass is 9.86. The van der Waals surface area contributed by atoms with Gasteiger partial charge in [0, 0.05) is 13.5 Å². The van der Waals surface area contributed by atoms with E-state index in [2.05, 4.69) is 50.1 Å². The molecule has 0 aliphatic heterocycles. The maximum atomic E-state index is 10.6. The number of aliphatic carboxylic acids is 1. The van der Waals surface area contributed by atoms with Gasteiger partial charge in [-0.2, -0.15) is 5.10 Å². The second-order valence-corrected chi connectivity index (χ2v) is 6.37. The van der Waals surface area contributed by atoms with E-state index >= 15 is 0 Å². The summed E-state index contributed by atoms with van der Waals surface area (Å²) >= 11 is 0. The molecule has 4 nitrogen and oxygen atoms in total. The van der Waals surface area contributed by atoms with Gasteiger partial charge in [0.1, 0.15) is 0 Å². The highest BCUT2D eigenvalue weighted by Crippen LogP contribution is 2.26. The highest BCUT2D eigenvalue weighted by molar-refractivity contribution is 5.67. The Balaban J connectivity index is 2.24. The molecule has 0 amide bonds. The van der Waals surface area contributed by atoms with Crippen molar-refractivity contribution < 1.29 is 9.90 Å². The average molecular weight is 286 g/mol. The van der Waals surface area contributed by atoms with Crippen molar-refractivity contribution in [2.75, 3.05) is 0 Å². The van der Waals surface area contributed by atoms with Gasteiger partial charge in [-0.15, -0.1) is 0 Å². The zero-order valence-electron chi connectivity index (χ0n) is 13.1. The highest BCUT2D eigenvalue weighted by Gasteiger charge is 2.14. The minimum absolute atomic E-state index is 0.111. The van der Waals surface area contributed by atoms with Crippen molar-refractivity contribution in [2.24, 2.45) is 7.05 Å². The predicted molar refractivity (Wildman–Crippen MR) is 83.3 cm³/mol. The third-order valence-electron chi connectivity index (χ3n) is 3.57. The molecule has 0 saturated heterocycles. The van der Waals surface area contributed by atoms with Crippen LogP contribution in [0.2, 0.25) is 0 Å². The van der Waals surface area contributed by atoms with Gasteiger partial charge in [-0.05, 0) is 22.6 Å². The van der Waals surface area contributed by atoms with Gasteiger partial charge in [0.15, 0.2) is 0 Å². The van der Waals surface area contributed by atoms with Crippen molar-refractivity contribution >= 4 is 5.97 Å². The SMILES string of the molecule is Cn1nc(CCC(=O)O)cc1-c1ccc(C(C)(C)C)cc1. The highest BCUT2D eigenvalue weighted by atomic mass is 16.4. The molecule has 0 aliphatic carbocycles. The molecule has 0 atom stereocenters. The third-order valence-corrected chi connectivity index (χ3v) is 3.57. The lowest BCUT2D eigenvalue weighted by molar-refractivity contribution is -0.136. The fraction of sp³-hybridized carbons (Fsp3) is 0.412. The fourth-order valence-electron chi connectivity index (χ4n) is 2.29. The lowest BCUT2D eigenvalue weighted by Gasteiger charge is -2.19. The molecule has 21 heavy (non-hydrogen) atoms. The number of benzene rings is 1. The minimum Gasteiger partial charge on any atom is -0.481 e. The number of hydrogen-bond acceptors (Lipinski definition) is 2. The molecule has 2 rings (SSSR count). The summed E-state index contributed by atoms with van der Waals surface area (Å²) in [6.45, 7) is 6.57. The van der Waals surface area contributed by atoms with Gasteiger partial charge in [0.25, 0.3) is 0 Å². The summed E-state index contributed by atoms with van der Waals surface area (Å²) in [5, 5.41) is 13.1. The van der Waals surface area contributed by atoms with Crippen LogP contribution in [0.4, 0.5) is 0 Å². The third kappa shape index (κ3) is 3.72. The number of carboxylic acid groups (broad SMARTS) is 1. The van der Waals surface area contributed by atoms with Crippen LogP contribution in [0.5, 0.6) is 0 Å². The Kier molecular flexibility index (Phi) is 4.16.